The maximum Gasteiger partial charge on any atom is 0.254 e. The number of aryl methyl sites for hydroxylation is 2. The number of hydrogen-bond donors (Lipinski definition) is 1. The third kappa shape index (κ3) is 4.51. The molecule has 0 aliphatic carbocycles. The minimum Gasteiger partial charge on any atom is -0.496 e. The SMILES string of the molecule is COc1c(C)cnc(CNC(=O)c2cccnc2SCc2cc(C)on2)c1C. The summed E-state index contributed by atoms with van der Waals surface area (Å²) in [6.45, 7) is 6.03. The molecule has 7 nitrogen and oxygen atoms in total. The van der Waals surface area contributed by atoms with Gasteiger partial charge in [0.1, 0.15) is 16.5 Å². The molecule has 0 spiro atoms. The van der Waals surface area contributed by atoms with E-state index in [1.165, 1.54) is 11.8 Å². The summed E-state index contributed by atoms with van der Waals surface area (Å²) in [7, 11) is 1.63. The van der Waals surface area contributed by atoms with E-state index in [0.29, 0.717) is 22.9 Å². The zero-order chi connectivity index (χ0) is 20.1. The second-order valence-corrected chi connectivity index (χ2v) is 7.27. The Morgan fingerprint density at radius 3 is 2.82 bits per heavy atom. The van der Waals surface area contributed by atoms with Gasteiger partial charge in [-0.15, -0.1) is 0 Å². The van der Waals surface area contributed by atoms with E-state index in [1.807, 2.05) is 26.8 Å². The fraction of sp³-hybridized carbons (Fsp3) is 0.300. The van der Waals surface area contributed by atoms with Crippen molar-refractivity contribution in [3.8, 4) is 5.75 Å². The largest absolute Gasteiger partial charge is 0.496 e. The lowest BCUT2D eigenvalue weighted by molar-refractivity contribution is 0.0946. The van der Waals surface area contributed by atoms with E-state index >= 15 is 0 Å². The van der Waals surface area contributed by atoms with Crippen LogP contribution in [0.25, 0.3) is 0 Å². The highest BCUT2D eigenvalue weighted by Gasteiger charge is 2.15. The summed E-state index contributed by atoms with van der Waals surface area (Å²) >= 11 is 1.44. The fourth-order valence-electron chi connectivity index (χ4n) is 2.82. The molecule has 146 valence electrons. The van der Waals surface area contributed by atoms with Crippen molar-refractivity contribution < 1.29 is 14.1 Å². The van der Waals surface area contributed by atoms with Crippen molar-refractivity contribution in [2.24, 2.45) is 0 Å². The molecule has 3 aromatic heterocycles. The van der Waals surface area contributed by atoms with Crippen molar-refractivity contribution in [2.45, 2.75) is 38.1 Å². The van der Waals surface area contributed by atoms with Crippen LogP contribution in [0.5, 0.6) is 5.75 Å². The average molecular weight is 398 g/mol. The lowest BCUT2D eigenvalue weighted by Gasteiger charge is -2.13. The third-order valence-electron chi connectivity index (χ3n) is 4.22. The molecule has 3 rings (SSSR count). The Morgan fingerprint density at radius 1 is 1.29 bits per heavy atom. The van der Waals surface area contributed by atoms with Crippen LogP contribution in [-0.4, -0.2) is 28.1 Å². The number of nitrogens with one attached hydrogen (secondary N) is 1. The predicted molar refractivity (Wildman–Crippen MR) is 106 cm³/mol. The first-order valence-corrected chi connectivity index (χ1v) is 9.75. The fourth-order valence-corrected chi connectivity index (χ4v) is 3.69. The van der Waals surface area contributed by atoms with Crippen LogP contribution < -0.4 is 10.1 Å². The van der Waals surface area contributed by atoms with Gasteiger partial charge in [-0.2, -0.15) is 0 Å². The van der Waals surface area contributed by atoms with Gasteiger partial charge in [0.05, 0.1) is 30.6 Å². The number of thioether (sulfide) groups is 1. The van der Waals surface area contributed by atoms with Crippen molar-refractivity contribution in [3.05, 3.63) is 64.4 Å². The molecule has 28 heavy (non-hydrogen) atoms. The molecule has 0 bridgehead atoms. The minimum absolute atomic E-state index is 0.201. The number of carbonyl (C=O) groups excluding carboxylic acids is 1. The van der Waals surface area contributed by atoms with Crippen LogP contribution in [0, 0.1) is 20.8 Å². The summed E-state index contributed by atoms with van der Waals surface area (Å²) in [5, 5.41) is 7.54. The number of pyridine rings is 2. The maximum atomic E-state index is 12.7. The molecule has 0 fully saturated rings. The molecule has 0 radical (unpaired) electrons. The monoisotopic (exact) mass is 398 g/mol. The topological polar surface area (TPSA) is 90.1 Å². The molecule has 0 saturated heterocycles. The number of nitrogens with zero attached hydrogens (tertiary/aromatic N) is 3. The normalized spacial score (nSPS) is 10.7. The summed E-state index contributed by atoms with van der Waals surface area (Å²) in [5.74, 6) is 1.92. The van der Waals surface area contributed by atoms with E-state index < -0.39 is 0 Å². The molecule has 0 aliphatic rings. The lowest BCUT2D eigenvalue weighted by Crippen LogP contribution is -2.24. The quantitative estimate of drug-likeness (QED) is 0.608. The van der Waals surface area contributed by atoms with Crippen molar-refractivity contribution in [1.29, 1.82) is 0 Å². The smallest absolute Gasteiger partial charge is 0.254 e. The standard InChI is InChI=1S/C20H22N4O3S/c1-12-9-22-17(14(3)18(12)26-4)10-23-19(25)16-6-5-7-21-20(16)28-11-15-8-13(2)27-24-15/h5-9H,10-11H2,1-4H3,(H,23,25). The van der Waals surface area contributed by atoms with E-state index in [2.05, 4.69) is 20.4 Å². The molecular weight excluding hydrogens is 376 g/mol. The van der Waals surface area contributed by atoms with Crippen LogP contribution in [0.15, 0.2) is 40.1 Å². The number of ether oxygens (including phenoxy) is 1. The highest BCUT2D eigenvalue weighted by molar-refractivity contribution is 7.98. The molecule has 8 heteroatoms. The molecule has 0 aliphatic heterocycles. The Kier molecular flexibility index (Phi) is 6.30. The van der Waals surface area contributed by atoms with Crippen LogP contribution >= 0.6 is 11.8 Å². The second kappa shape index (κ2) is 8.88. The molecule has 0 aromatic carbocycles. The molecule has 0 saturated carbocycles. The molecular formula is C20H22N4O3S. The number of carbonyl (C=O) groups is 1. The van der Waals surface area contributed by atoms with E-state index in [4.69, 9.17) is 9.26 Å². The van der Waals surface area contributed by atoms with Crippen LogP contribution in [0.1, 0.15) is 38.6 Å². The number of rotatable bonds is 7. The second-order valence-electron chi connectivity index (χ2n) is 6.30. The molecule has 3 heterocycles. The Morgan fingerprint density at radius 2 is 2.11 bits per heavy atom. The van der Waals surface area contributed by atoms with Crippen molar-refractivity contribution >= 4 is 17.7 Å². The molecule has 0 atom stereocenters. The number of aromatic nitrogens is 3. The van der Waals surface area contributed by atoms with Gasteiger partial charge >= 0.3 is 0 Å². The zero-order valence-corrected chi connectivity index (χ0v) is 17.1. The minimum atomic E-state index is -0.201. The van der Waals surface area contributed by atoms with Crippen LogP contribution in [0.3, 0.4) is 0 Å². The van der Waals surface area contributed by atoms with Gasteiger partial charge in [0.25, 0.3) is 5.91 Å². The van der Waals surface area contributed by atoms with Gasteiger partial charge in [0.2, 0.25) is 0 Å². The molecule has 1 N–H and O–H groups in total. The summed E-state index contributed by atoms with van der Waals surface area (Å²) in [6, 6.07) is 5.38. The van der Waals surface area contributed by atoms with E-state index in [9.17, 15) is 4.79 Å². The summed E-state index contributed by atoms with van der Waals surface area (Å²) in [6.07, 6.45) is 3.42. The summed E-state index contributed by atoms with van der Waals surface area (Å²) < 4.78 is 10.5. The first-order valence-electron chi connectivity index (χ1n) is 8.77. The van der Waals surface area contributed by atoms with Gasteiger partial charge < -0.3 is 14.6 Å². The van der Waals surface area contributed by atoms with Gasteiger partial charge in [0, 0.05) is 35.3 Å². The number of hydrogen-bond acceptors (Lipinski definition) is 7. The van der Waals surface area contributed by atoms with E-state index in [0.717, 1.165) is 34.0 Å². The number of amides is 1. The first kappa shape index (κ1) is 19.9. The van der Waals surface area contributed by atoms with Gasteiger partial charge in [0.15, 0.2) is 0 Å². The third-order valence-corrected chi connectivity index (χ3v) is 5.25. The molecule has 3 aromatic rings. The number of methoxy groups -OCH3 is 1. The van der Waals surface area contributed by atoms with Gasteiger partial charge in [-0.05, 0) is 32.9 Å². The Hall–Kier alpha value is -2.87. The Labute approximate surface area is 167 Å². The van der Waals surface area contributed by atoms with Crippen LogP contribution in [0.4, 0.5) is 0 Å². The molecule has 0 unspecified atom stereocenters. The lowest BCUT2D eigenvalue weighted by atomic mass is 10.1. The van der Waals surface area contributed by atoms with Crippen molar-refractivity contribution in [1.82, 2.24) is 20.4 Å². The van der Waals surface area contributed by atoms with Crippen LogP contribution in [0.2, 0.25) is 0 Å². The predicted octanol–water partition coefficient (Wildman–Crippen LogP) is 3.62. The Bertz CT molecular complexity index is 987. The molecule has 1 amide bonds. The zero-order valence-electron chi connectivity index (χ0n) is 16.3. The van der Waals surface area contributed by atoms with Gasteiger partial charge in [-0.1, -0.05) is 16.9 Å². The summed E-state index contributed by atoms with van der Waals surface area (Å²) in [5.41, 5.74) is 3.98. The van der Waals surface area contributed by atoms with Crippen LogP contribution in [-0.2, 0) is 12.3 Å². The summed E-state index contributed by atoms with van der Waals surface area (Å²) in [4.78, 5) is 21.5. The van der Waals surface area contributed by atoms with Gasteiger partial charge in [-0.25, -0.2) is 4.98 Å². The maximum absolute atomic E-state index is 12.7. The Balaban J connectivity index is 1.69. The van der Waals surface area contributed by atoms with Gasteiger partial charge in [-0.3, -0.25) is 9.78 Å². The van der Waals surface area contributed by atoms with Crippen molar-refractivity contribution in [3.63, 3.8) is 0 Å². The van der Waals surface area contributed by atoms with E-state index in [-0.39, 0.29) is 5.91 Å². The van der Waals surface area contributed by atoms with E-state index in [1.54, 1.807) is 31.6 Å². The average Bonchev–Trinajstić information content (AvgIpc) is 3.11. The van der Waals surface area contributed by atoms with Crippen molar-refractivity contribution in [2.75, 3.05) is 7.11 Å². The highest BCUT2D eigenvalue weighted by Crippen LogP contribution is 2.25. The first-order chi connectivity index (χ1) is 13.5. The highest BCUT2D eigenvalue weighted by atomic mass is 32.2.